The Kier molecular flexibility index (Phi) is 4.81. The molecule has 1 aromatic rings. The molecule has 18 heavy (non-hydrogen) atoms. The summed E-state index contributed by atoms with van der Waals surface area (Å²) in [5.41, 5.74) is 0.216. The summed E-state index contributed by atoms with van der Waals surface area (Å²) in [4.78, 5) is 0.367. The molecule has 1 aliphatic carbocycles. The number of hydrogen-bond donors (Lipinski definition) is 0. The van der Waals surface area contributed by atoms with Gasteiger partial charge < -0.3 is 0 Å². The topological polar surface area (TPSA) is 0 Å². The second kappa shape index (κ2) is 6.00. The molecule has 2 rings (SSSR count). The van der Waals surface area contributed by atoms with Crippen molar-refractivity contribution in [2.45, 2.75) is 37.4 Å². The van der Waals surface area contributed by atoms with Crippen LogP contribution in [0.25, 0.3) is 0 Å². The minimum absolute atomic E-state index is 0.216. The second-order valence-corrected chi connectivity index (χ2v) is 7.25. The van der Waals surface area contributed by atoms with Crippen molar-refractivity contribution in [2.75, 3.05) is 0 Å². The summed E-state index contributed by atoms with van der Waals surface area (Å²) in [6.07, 6.45) is 3.78. The van der Waals surface area contributed by atoms with Crippen molar-refractivity contribution in [3.8, 4) is 0 Å². The first kappa shape index (κ1) is 14.4. The van der Waals surface area contributed by atoms with Crippen LogP contribution in [0, 0.1) is 23.5 Å². The fourth-order valence-electron chi connectivity index (χ4n) is 2.69. The highest BCUT2D eigenvalue weighted by Crippen LogP contribution is 2.37. The van der Waals surface area contributed by atoms with Crippen molar-refractivity contribution >= 4 is 31.9 Å². The fourth-order valence-corrected chi connectivity index (χ4v) is 3.73. The Morgan fingerprint density at radius 1 is 1.28 bits per heavy atom. The molecule has 0 amide bonds. The Morgan fingerprint density at radius 3 is 2.72 bits per heavy atom. The summed E-state index contributed by atoms with van der Waals surface area (Å²) in [7, 11) is 0. The van der Waals surface area contributed by atoms with Crippen LogP contribution in [0.2, 0.25) is 0 Å². The van der Waals surface area contributed by atoms with Crippen LogP contribution in [0.5, 0.6) is 0 Å². The third kappa shape index (κ3) is 3.13. The van der Waals surface area contributed by atoms with Gasteiger partial charge in [-0.05, 0) is 65.6 Å². The normalized spacial score (nSPS) is 28.4. The van der Waals surface area contributed by atoms with Crippen LogP contribution in [0.1, 0.15) is 31.7 Å². The van der Waals surface area contributed by atoms with Crippen LogP contribution >= 0.6 is 31.9 Å². The molecule has 1 aromatic carbocycles. The van der Waals surface area contributed by atoms with Gasteiger partial charge in [-0.25, -0.2) is 8.78 Å². The molecular formula is C14H16Br2F2. The van der Waals surface area contributed by atoms with E-state index in [1.54, 1.807) is 0 Å². The lowest BCUT2D eigenvalue weighted by atomic mass is 9.79. The lowest BCUT2D eigenvalue weighted by molar-refractivity contribution is 0.290. The van der Waals surface area contributed by atoms with Gasteiger partial charge in [0.25, 0.3) is 0 Å². The second-order valence-electron chi connectivity index (χ2n) is 5.22. The number of halogens is 4. The van der Waals surface area contributed by atoms with Gasteiger partial charge in [-0.3, -0.25) is 0 Å². The van der Waals surface area contributed by atoms with E-state index in [-0.39, 0.29) is 5.56 Å². The van der Waals surface area contributed by atoms with Gasteiger partial charge in [0.05, 0.1) is 4.47 Å². The Morgan fingerprint density at radius 2 is 2.00 bits per heavy atom. The molecule has 0 radical (unpaired) electrons. The molecule has 0 spiro atoms. The Balaban J connectivity index is 2.20. The van der Waals surface area contributed by atoms with Gasteiger partial charge >= 0.3 is 0 Å². The summed E-state index contributed by atoms with van der Waals surface area (Å²) in [6.45, 7) is 2.21. The van der Waals surface area contributed by atoms with Crippen LogP contribution in [-0.4, -0.2) is 4.83 Å². The van der Waals surface area contributed by atoms with Gasteiger partial charge in [0, 0.05) is 10.4 Å². The van der Waals surface area contributed by atoms with Crippen molar-refractivity contribution in [1.29, 1.82) is 0 Å². The van der Waals surface area contributed by atoms with Crippen LogP contribution < -0.4 is 0 Å². The molecule has 100 valence electrons. The Labute approximate surface area is 123 Å². The lowest BCUT2D eigenvalue weighted by Crippen LogP contribution is -2.26. The number of rotatable bonds is 2. The number of benzene rings is 1. The number of hydrogen-bond acceptors (Lipinski definition) is 0. The van der Waals surface area contributed by atoms with Crippen molar-refractivity contribution in [3.63, 3.8) is 0 Å². The zero-order chi connectivity index (χ0) is 13.3. The van der Waals surface area contributed by atoms with E-state index in [1.807, 2.05) is 0 Å². The van der Waals surface area contributed by atoms with E-state index in [2.05, 4.69) is 38.8 Å². The summed E-state index contributed by atoms with van der Waals surface area (Å²) in [5.74, 6) is 0.0654. The maximum atomic E-state index is 13.9. The van der Waals surface area contributed by atoms with Crippen molar-refractivity contribution in [1.82, 2.24) is 0 Å². The summed E-state index contributed by atoms with van der Waals surface area (Å²) >= 11 is 6.77. The molecule has 4 heteroatoms. The molecule has 0 saturated heterocycles. The predicted octanol–water partition coefficient (Wildman–Crippen LogP) is 5.47. The van der Waals surface area contributed by atoms with Crippen LogP contribution in [-0.2, 0) is 6.42 Å². The summed E-state index contributed by atoms with van der Waals surface area (Å²) < 4.78 is 28.0. The first-order valence-corrected chi connectivity index (χ1v) is 7.96. The van der Waals surface area contributed by atoms with Gasteiger partial charge in [-0.2, -0.15) is 0 Å². The van der Waals surface area contributed by atoms with Gasteiger partial charge in [0.15, 0.2) is 0 Å². The summed E-state index contributed by atoms with van der Waals surface area (Å²) in [5, 5.41) is 0. The molecule has 1 aliphatic rings. The molecule has 0 heterocycles. The monoisotopic (exact) mass is 380 g/mol. The zero-order valence-corrected chi connectivity index (χ0v) is 13.4. The minimum Gasteiger partial charge on any atom is -0.207 e. The Bertz CT molecular complexity index is 434. The van der Waals surface area contributed by atoms with Crippen molar-refractivity contribution < 1.29 is 8.78 Å². The molecule has 1 saturated carbocycles. The highest BCUT2D eigenvalue weighted by Gasteiger charge is 2.28. The van der Waals surface area contributed by atoms with Gasteiger partial charge in [-0.15, -0.1) is 0 Å². The molecule has 0 nitrogen and oxygen atoms in total. The molecular weight excluding hydrogens is 366 g/mol. The molecule has 3 atom stereocenters. The van der Waals surface area contributed by atoms with E-state index in [4.69, 9.17) is 0 Å². The first-order valence-electron chi connectivity index (χ1n) is 6.25. The average Bonchev–Trinajstić information content (AvgIpc) is 2.34. The third-order valence-electron chi connectivity index (χ3n) is 3.76. The predicted molar refractivity (Wildman–Crippen MR) is 77.0 cm³/mol. The van der Waals surface area contributed by atoms with E-state index in [1.165, 1.54) is 18.6 Å². The van der Waals surface area contributed by atoms with Gasteiger partial charge in [-0.1, -0.05) is 22.9 Å². The average molecular weight is 382 g/mol. The van der Waals surface area contributed by atoms with E-state index < -0.39 is 11.6 Å². The standard InChI is InChI=1S/C14H16Br2F2/c1-8-2-3-11(15)9(6-8)7-10-13(17)5-4-12(16)14(10)18/h4-5,8-9,11H,2-3,6-7H2,1H3. The molecule has 0 bridgehead atoms. The lowest BCUT2D eigenvalue weighted by Gasteiger charge is -2.31. The third-order valence-corrected chi connectivity index (χ3v) is 5.58. The molecule has 1 fully saturated rings. The molecule has 3 unspecified atom stereocenters. The van der Waals surface area contributed by atoms with E-state index in [0.717, 1.165) is 12.8 Å². The highest BCUT2D eigenvalue weighted by molar-refractivity contribution is 9.10. The van der Waals surface area contributed by atoms with E-state index in [9.17, 15) is 8.78 Å². The van der Waals surface area contributed by atoms with Crippen LogP contribution in [0.4, 0.5) is 8.78 Å². The minimum atomic E-state index is -0.451. The van der Waals surface area contributed by atoms with Crippen LogP contribution in [0.15, 0.2) is 16.6 Å². The zero-order valence-electron chi connectivity index (χ0n) is 10.2. The molecule has 0 aromatic heterocycles. The van der Waals surface area contributed by atoms with E-state index >= 15 is 0 Å². The van der Waals surface area contributed by atoms with Crippen molar-refractivity contribution in [2.24, 2.45) is 11.8 Å². The van der Waals surface area contributed by atoms with Crippen molar-refractivity contribution in [3.05, 3.63) is 33.8 Å². The fraction of sp³-hybridized carbons (Fsp3) is 0.571. The number of alkyl halides is 1. The summed E-state index contributed by atoms with van der Waals surface area (Å²) in [6, 6.07) is 2.75. The van der Waals surface area contributed by atoms with Crippen LogP contribution in [0.3, 0.4) is 0 Å². The first-order chi connectivity index (χ1) is 8.49. The maximum Gasteiger partial charge on any atom is 0.143 e. The van der Waals surface area contributed by atoms with Gasteiger partial charge in [0.2, 0.25) is 0 Å². The molecule has 0 N–H and O–H groups in total. The Hall–Kier alpha value is 0.0400. The quantitative estimate of drug-likeness (QED) is 0.470. The molecule has 0 aliphatic heterocycles. The van der Waals surface area contributed by atoms with Gasteiger partial charge in [0.1, 0.15) is 11.6 Å². The smallest absolute Gasteiger partial charge is 0.143 e. The van der Waals surface area contributed by atoms with E-state index in [0.29, 0.717) is 27.6 Å². The SMILES string of the molecule is CC1CCC(Br)C(Cc2c(F)ccc(Br)c2F)C1. The highest BCUT2D eigenvalue weighted by atomic mass is 79.9. The maximum absolute atomic E-state index is 13.9. The largest absolute Gasteiger partial charge is 0.207 e.